The van der Waals surface area contributed by atoms with Crippen LogP contribution in [0.15, 0.2) is 11.3 Å². The van der Waals surface area contributed by atoms with E-state index in [4.69, 9.17) is 0 Å². The summed E-state index contributed by atoms with van der Waals surface area (Å²) in [5.41, 5.74) is 0. The Hall–Kier alpha value is -0.0431. The van der Waals surface area contributed by atoms with Gasteiger partial charge in [0.05, 0.1) is 8.07 Å². The summed E-state index contributed by atoms with van der Waals surface area (Å²) in [5, 5.41) is 1.66. The van der Waals surface area contributed by atoms with Gasteiger partial charge in [-0.1, -0.05) is 50.2 Å². The van der Waals surface area contributed by atoms with Crippen LogP contribution < -0.4 is 0 Å². The molecule has 0 fully saturated rings. The molecule has 0 aliphatic rings. The van der Waals surface area contributed by atoms with Crippen molar-refractivity contribution in [2.24, 2.45) is 0 Å². The van der Waals surface area contributed by atoms with Crippen molar-refractivity contribution in [3.05, 3.63) is 11.3 Å². The van der Waals surface area contributed by atoms with Crippen molar-refractivity contribution >= 4 is 8.07 Å². The SMILES string of the molecule is CC=C(C)[Si](C)(C)CCCC. The van der Waals surface area contributed by atoms with Gasteiger partial charge in [-0.2, -0.15) is 0 Å². The lowest BCUT2D eigenvalue weighted by Gasteiger charge is -2.22. The van der Waals surface area contributed by atoms with Gasteiger partial charge in [0.15, 0.2) is 0 Å². The van der Waals surface area contributed by atoms with Crippen molar-refractivity contribution in [3.8, 4) is 0 Å². The van der Waals surface area contributed by atoms with Gasteiger partial charge in [-0.15, -0.1) is 0 Å². The number of hydrogen-bond donors (Lipinski definition) is 0. The van der Waals surface area contributed by atoms with Crippen LogP contribution in [0.5, 0.6) is 0 Å². The highest BCUT2D eigenvalue weighted by molar-refractivity contribution is 6.84. The average Bonchev–Trinajstić information content (AvgIpc) is 1.99. The standard InChI is InChI=1S/C10H22Si/c1-6-8-9-11(4,5)10(3)7-2/h7H,6,8-9H2,1-5H3. The van der Waals surface area contributed by atoms with Crippen molar-refractivity contribution in [2.45, 2.75) is 52.8 Å². The van der Waals surface area contributed by atoms with Crippen molar-refractivity contribution in [1.29, 1.82) is 0 Å². The fourth-order valence-electron chi connectivity index (χ4n) is 1.21. The quantitative estimate of drug-likeness (QED) is 0.559. The highest BCUT2D eigenvalue weighted by Crippen LogP contribution is 2.21. The summed E-state index contributed by atoms with van der Waals surface area (Å²) in [6, 6.07) is 1.46. The molecule has 0 amide bonds. The molecule has 66 valence electrons. The molecule has 0 saturated heterocycles. The predicted octanol–water partition coefficient (Wildman–Crippen LogP) is 4.00. The van der Waals surface area contributed by atoms with Crippen molar-refractivity contribution in [2.75, 3.05) is 0 Å². The second-order valence-corrected chi connectivity index (χ2v) is 9.02. The average molecular weight is 170 g/mol. The zero-order valence-electron chi connectivity index (χ0n) is 8.70. The maximum Gasteiger partial charge on any atom is 0.0746 e. The van der Waals surface area contributed by atoms with E-state index in [9.17, 15) is 0 Å². The van der Waals surface area contributed by atoms with Crippen LogP contribution >= 0.6 is 0 Å². The normalized spacial score (nSPS) is 13.7. The van der Waals surface area contributed by atoms with Crippen LogP contribution in [-0.2, 0) is 0 Å². The van der Waals surface area contributed by atoms with Crippen LogP contribution in [0, 0.1) is 0 Å². The largest absolute Gasteiger partial charge is 0.0926 e. The molecule has 0 bridgehead atoms. The van der Waals surface area contributed by atoms with Gasteiger partial charge in [-0.25, -0.2) is 0 Å². The van der Waals surface area contributed by atoms with E-state index in [1.54, 1.807) is 5.20 Å². The highest BCUT2D eigenvalue weighted by Gasteiger charge is 2.20. The summed E-state index contributed by atoms with van der Waals surface area (Å²) in [4.78, 5) is 0. The minimum Gasteiger partial charge on any atom is -0.0926 e. The summed E-state index contributed by atoms with van der Waals surface area (Å²) in [6.45, 7) is 11.7. The van der Waals surface area contributed by atoms with Gasteiger partial charge in [0.25, 0.3) is 0 Å². The third kappa shape index (κ3) is 3.75. The summed E-state index contributed by atoms with van der Waals surface area (Å²) in [5.74, 6) is 0. The molecule has 0 nitrogen and oxygen atoms in total. The van der Waals surface area contributed by atoms with E-state index >= 15 is 0 Å². The maximum atomic E-state index is 2.47. The minimum atomic E-state index is -0.967. The summed E-state index contributed by atoms with van der Waals surface area (Å²) in [6.07, 6.45) is 5.04. The van der Waals surface area contributed by atoms with Gasteiger partial charge in [0.2, 0.25) is 0 Å². The van der Waals surface area contributed by atoms with Gasteiger partial charge in [-0.05, 0) is 13.8 Å². The Morgan fingerprint density at radius 3 is 2.27 bits per heavy atom. The van der Waals surface area contributed by atoms with E-state index in [1.165, 1.54) is 18.9 Å². The summed E-state index contributed by atoms with van der Waals surface area (Å²) < 4.78 is 0. The minimum absolute atomic E-state index is 0.967. The molecular formula is C10H22Si. The van der Waals surface area contributed by atoms with Crippen molar-refractivity contribution in [3.63, 3.8) is 0 Å². The van der Waals surface area contributed by atoms with Gasteiger partial charge in [-0.3, -0.25) is 0 Å². The molecule has 0 aromatic rings. The zero-order chi connectivity index (χ0) is 8.91. The molecule has 0 aromatic carbocycles. The summed E-state index contributed by atoms with van der Waals surface area (Å²) in [7, 11) is -0.967. The molecule has 0 aromatic heterocycles. The molecule has 0 rings (SSSR count). The van der Waals surface area contributed by atoms with Crippen LogP contribution in [-0.4, -0.2) is 8.07 Å². The van der Waals surface area contributed by atoms with E-state index in [0.717, 1.165) is 0 Å². The maximum absolute atomic E-state index is 2.47. The van der Waals surface area contributed by atoms with E-state index in [-0.39, 0.29) is 0 Å². The fourth-order valence-corrected chi connectivity index (χ4v) is 3.62. The molecule has 1 heteroatoms. The lowest BCUT2D eigenvalue weighted by molar-refractivity contribution is 0.868. The van der Waals surface area contributed by atoms with Crippen molar-refractivity contribution in [1.82, 2.24) is 0 Å². The molecule has 0 N–H and O–H groups in total. The number of allylic oxidation sites excluding steroid dienone is 2. The fraction of sp³-hybridized carbons (Fsp3) is 0.800. The third-order valence-electron chi connectivity index (χ3n) is 2.66. The molecule has 0 heterocycles. The van der Waals surface area contributed by atoms with Gasteiger partial charge in [0.1, 0.15) is 0 Å². The monoisotopic (exact) mass is 170 g/mol. The molecule has 0 spiro atoms. The molecule has 0 aliphatic heterocycles. The van der Waals surface area contributed by atoms with Gasteiger partial charge < -0.3 is 0 Å². The summed E-state index contributed by atoms with van der Waals surface area (Å²) >= 11 is 0. The van der Waals surface area contributed by atoms with Gasteiger partial charge in [0, 0.05) is 0 Å². The first-order valence-electron chi connectivity index (χ1n) is 4.68. The Kier molecular flexibility index (Phi) is 4.74. The Morgan fingerprint density at radius 1 is 1.36 bits per heavy atom. The van der Waals surface area contributed by atoms with Crippen LogP contribution in [0.3, 0.4) is 0 Å². The molecule has 11 heavy (non-hydrogen) atoms. The van der Waals surface area contributed by atoms with E-state index in [2.05, 4.69) is 39.9 Å². The molecule has 0 radical (unpaired) electrons. The Bertz CT molecular complexity index is 134. The van der Waals surface area contributed by atoms with E-state index < -0.39 is 8.07 Å². The molecule has 0 atom stereocenters. The van der Waals surface area contributed by atoms with Crippen molar-refractivity contribution < 1.29 is 0 Å². The molecule has 0 saturated carbocycles. The number of unbranched alkanes of at least 4 members (excludes halogenated alkanes) is 1. The lowest BCUT2D eigenvalue weighted by Crippen LogP contribution is -2.27. The number of hydrogen-bond acceptors (Lipinski definition) is 0. The molecule has 0 unspecified atom stereocenters. The third-order valence-corrected chi connectivity index (χ3v) is 6.68. The molecular weight excluding hydrogens is 148 g/mol. The second-order valence-electron chi connectivity index (χ2n) is 3.96. The second kappa shape index (κ2) is 4.76. The van der Waals surface area contributed by atoms with E-state index in [1.807, 2.05) is 0 Å². The highest BCUT2D eigenvalue weighted by atomic mass is 28.3. The first kappa shape index (κ1) is 11.0. The Balaban J connectivity index is 3.99. The lowest BCUT2D eigenvalue weighted by atomic mass is 10.4. The van der Waals surface area contributed by atoms with E-state index in [0.29, 0.717) is 0 Å². The zero-order valence-corrected chi connectivity index (χ0v) is 9.70. The van der Waals surface area contributed by atoms with Crippen LogP contribution in [0.4, 0.5) is 0 Å². The first-order chi connectivity index (χ1) is 5.04. The van der Waals surface area contributed by atoms with Crippen LogP contribution in [0.25, 0.3) is 0 Å². The van der Waals surface area contributed by atoms with Gasteiger partial charge >= 0.3 is 0 Å². The topological polar surface area (TPSA) is 0 Å². The molecule has 0 aliphatic carbocycles. The first-order valence-corrected chi connectivity index (χ1v) is 7.88. The number of rotatable bonds is 4. The Labute approximate surface area is 72.7 Å². The predicted molar refractivity (Wildman–Crippen MR) is 56.6 cm³/mol. The van der Waals surface area contributed by atoms with Crippen LogP contribution in [0.2, 0.25) is 19.1 Å². The van der Waals surface area contributed by atoms with Crippen LogP contribution in [0.1, 0.15) is 33.6 Å². The Morgan fingerprint density at radius 2 is 1.91 bits per heavy atom. The smallest absolute Gasteiger partial charge is 0.0746 e.